The van der Waals surface area contributed by atoms with E-state index in [-0.39, 0.29) is 0 Å². The van der Waals surface area contributed by atoms with Gasteiger partial charge in [-0.05, 0) is 45.6 Å². The van der Waals surface area contributed by atoms with Crippen molar-refractivity contribution < 1.29 is 49.0 Å². The lowest BCUT2D eigenvalue weighted by atomic mass is 9.88. The zero-order valence-electron chi connectivity index (χ0n) is 20.4. The minimum Gasteiger partial charge on any atom is -0.459 e. The standard InChI is InChI=1S/C23H38N2O10/c1-13(2)33-21(30)23(32)11-16(27)18(25-14(3)26)20(35-23)19(29)17(28)12-24-22(31)34-15-9-7-5-4-6-8-10-15/h7,9,13,15-20,27-29,32H,4-6,8,10-12H2,1-3H3,(H,24,31)(H,25,26)/b9-7-/t15?,16-,17+,18?,19+,20+,23?/m0/s1. The molecule has 0 spiro atoms. The highest BCUT2D eigenvalue weighted by Gasteiger charge is 2.54. The molecule has 1 heterocycles. The molecule has 0 aromatic rings. The van der Waals surface area contributed by atoms with Crippen LogP contribution in [0.4, 0.5) is 4.79 Å². The molecule has 2 rings (SSSR count). The fourth-order valence-corrected chi connectivity index (χ4v) is 4.04. The number of rotatable bonds is 8. The van der Waals surface area contributed by atoms with Crippen molar-refractivity contribution in [3.63, 3.8) is 0 Å². The van der Waals surface area contributed by atoms with Gasteiger partial charge in [0, 0.05) is 19.9 Å². The van der Waals surface area contributed by atoms with E-state index in [0.717, 1.165) is 25.7 Å². The lowest BCUT2D eigenvalue weighted by Crippen LogP contribution is -2.67. The van der Waals surface area contributed by atoms with E-state index < -0.39 is 79.4 Å². The van der Waals surface area contributed by atoms with E-state index >= 15 is 0 Å². The van der Waals surface area contributed by atoms with Gasteiger partial charge in [-0.25, -0.2) is 9.59 Å². The minimum atomic E-state index is -2.62. The summed E-state index contributed by atoms with van der Waals surface area (Å²) in [5, 5.41) is 47.2. The number of allylic oxidation sites excluding steroid dienone is 1. The van der Waals surface area contributed by atoms with Crippen molar-refractivity contribution in [2.24, 2.45) is 0 Å². The van der Waals surface area contributed by atoms with Gasteiger partial charge < -0.3 is 45.3 Å². The number of carbonyl (C=O) groups excluding carboxylic acids is 3. The summed E-state index contributed by atoms with van der Waals surface area (Å²) in [6.45, 7) is 3.80. The van der Waals surface area contributed by atoms with E-state index in [0.29, 0.717) is 6.42 Å². The van der Waals surface area contributed by atoms with Gasteiger partial charge in [0.25, 0.3) is 5.79 Å². The first-order valence-electron chi connectivity index (χ1n) is 12.0. The van der Waals surface area contributed by atoms with E-state index in [1.165, 1.54) is 6.92 Å². The number of carbonyl (C=O) groups is 3. The van der Waals surface area contributed by atoms with Crippen LogP contribution in [0.3, 0.4) is 0 Å². The van der Waals surface area contributed by atoms with E-state index in [1.807, 2.05) is 12.2 Å². The first-order valence-corrected chi connectivity index (χ1v) is 12.0. The quantitative estimate of drug-likeness (QED) is 0.189. The second-order valence-electron chi connectivity index (χ2n) is 9.27. The number of alkyl carbamates (subject to hydrolysis) is 1. The molecule has 0 bridgehead atoms. The third kappa shape index (κ3) is 8.73. The molecule has 7 atom stereocenters. The molecule has 1 aliphatic heterocycles. The molecule has 12 nitrogen and oxygen atoms in total. The Labute approximate surface area is 204 Å². The molecule has 2 amide bonds. The highest BCUT2D eigenvalue weighted by atomic mass is 16.7. The summed E-state index contributed by atoms with van der Waals surface area (Å²) in [4.78, 5) is 36.2. The summed E-state index contributed by atoms with van der Waals surface area (Å²) in [7, 11) is 0. The van der Waals surface area contributed by atoms with Crippen LogP contribution in [-0.2, 0) is 23.8 Å². The maximum Gasteiger partial charge on any atom is 0.407 e. The maximum atomic E-state index is 12.4. The van der Waals surface area contributed by atoms with Gasteiger partial charge in [-0.1, -0.05) is 12.5 Å². The molecule has 0 aromatic carbocycles. The van der Waals surface area contributed by atoms with Crippen molar-refractivity contribution in [2.45, 2.75) is 108 Å². The van der Waals surface area contributed by atoms with Crippen molar-refractivity contribution in [2.75, 3.05) is 6.54 Å². The fraction of sp³-hybridized carbons (Fsp3) is 0.783. The molecule has 12 heteroatoms. The molecule has 35 heavy (non-hydrogen) atoms. The van der Waals surface area contributed by atoms with Crippen molar-refractivity contribution in [1.29, 1.82) is 0 Å². The summed E-state index contributed by atoms with van der Waals surface area (Å²) < 4.78 is 15.7. The predicted octanol–water partition coefficient (Wildman–Crippen LogP) is -0.382. The second kappa shape index (κ2) is 13.2. The minimum absolute atomic E-state index is 0.402. The zero-order valence-corrected chi connectivity index (χ0v) is 20.4. The topological polar surface area (TPSA) is 184 Å². The van der Waals surface area contributed by atoms with Crippen LogP contribution in [0, 0.1) is 0 Å². The highest BCUT2D eigenvalue weighted by Crippen LogP contribution is 2.31. The predicted molar refractivity (Wildman–Crippen MR) is 122 cm³/mol. The molecule has 1 fully saturated rings. The Hall–Kier alpha value is -2.25. The monoisotopic (exact) mass is 502 g/mol. The van der Waals surface area contributed by atoms with Gasteiger partial charge in [0.1, 0.15) is 18.3 Å². The van der Waals surface area contributed by atoms with Gasteiger partial charge in [-0.15, -0.1) is 0 Å². The molecule has 0 saturated carbocycles. The van der Waals surface area contributed by atoms with Crippen LogP contribution in [0.25, 0.3) is 0 Å². The molecule has 1 aliphatic carbocycles. The first kappa shape index (κ1) is 29.0. The van der Waals surface area contributed by atoms with E-state index in [1.54, 1.807) is 13.8 Å². The Morgan fingerprint density at radius 3 is 2.57 bits per heavy atom. The molecule has 200 valence electrons. The number of hydrogen-bond acceptors (Lipinski definition) is 10. The number of nitrogens with one attached hydrogen (secondary N) is 2. The van der Waals surface area contributed by atoms with Gasteiger partial charge in [0.15, 0.2) is 0 Å². The molecule has 3 unspecified atom stereocenters. The van der Waals surface area contributed by atoms with E-state index in [2.05, 4.69) is 10.6 Å². The number of ether oxygens (including phenoxy) is 3. The number of hydrogen-bond donors (Lipinski definition) is 6. The Morgan fingerprint density at radius 2 is 1.91 bits per heavy atom. The van der Waals surface area contributed by atoms with Crippen LogP contribution in [-0.4, -0.2) is 93.4 Å². The van der Waals surface area contributed by atoms with Crippen molar-refractivity contribution in [3.8, 4) is 0 Å². The third-order valence-electron chi connectivity index (χ3n) is 5.77. The SMILES string of the molecule is CC(=O)NC1[C@H]([C@H](O)[C@H](O)CNC(=O)OC2/C=C\CCCCC2)OC(O)(C(=O)OC(C)C)C[C@@H]1O. The Morgan fingerprint density at radius 1 is 1.20 bits per heavy atom. The molecule has 1 saturated heterocycles. The van der Waals surface area contributed by atoms with Gasteiger partial charge in [-0.2, -0.15) is 0 Å². The molecular formula is C23H38N2O10. The summed E-state index contributed by atoms with van der Waals surface area (Å²) in [6, 6.07) is -1.27. The number of aliphatic hydroxyl groups excluding tert-OH is 3. The zero-order chi connectivity index (χ0) is 26.2. The molecule has 2 aliphatic rings. The van der Waals surface area contributed by atoms with E-state index in [9.17, 15) is 34.8 Å². The summed E-state index contributed by atoms with van der Waals surface area (Å²) >= 11 is 0. The summed E-state index contributed by atoms with van der Waals surface area (Å²) in [6.07, 6.45) is -0.679. The molecular weight excluding hydrogens is 464 g/mol. The van der Waals surface area contributed by atoms with Gasteiger partial charge in [0.2, 0.25) is 5.91 Å². The summed E-state index contributed by atoms with van der Waals surface area (Å²) in [5.41, 5.74) is 0. The second-order valence-corrected chi connectivity index (χ2v) is 9.27. The van der Waals surface area contributed by atoms with Crippen LogP contribution in [0.2, 0.25) is 0 Å². The molecule has 0 aromatic heterocycles. The number of amides is 2. The fourth-order valence-electron chi connectivity index (χ4n) is 4.04. The van der Waals surface area contributed by atoms with Crippen LogP contribution >= 0.6 is 0 Å². The average Bonchev–Trinajstić information content (AvgIpc) is 2.74. The van der Waals surface area contributed by atoms with E-state index in [4.69, 9.17) is 14.2 Å². The Kier molecular flexibility index (Phi) is 10.9. The van der Waals surface area contributed by atoms with Crippen molar-refractivity contribution >= 4 is 18.0 Å². The largest absolute Gasteiger partial charge is 0.459 e. The van der Waals surface area contributed by atoms with Gasteiger partial charge in [-0.3, -0.25) is 4.79 Å². The average molecular weight is 503 g/mol. The van der Waals surface area contributed by atoms with Crippen LogP contribution in [0.15, 0.2) is 12.2 Å². The Balaban J connectivity index is 2.05. The lowest BCUT2D eigenvalue weighted by Gasteiger charge is -2.45. The van der Waals surface area contributed by atoms with Crippen LogP contribution in [0.5, 0.6) is 0 Å². The van der Waals surface area contributed by atoms with Crippen LogP contribution < -0.4 is 10.6 Å². The summed E-state index contributed by atoms with van der Waals surface area (Å²) in [5.74, 6) is -4.39. The van der Waals surface area contributed by atoms with Crippen LogP contribution in [0.1, 0.15) is 59.3 Å². The normalized spacial score (nSPS) is 31.9. The first-order chi connectivity index (χ1) is 16.4. The smallest absolute Gasteiger partial charge is 0.407 e. The number of aliphatic hydroxyl groups is 4. The van der Waals surface area contributed by atoms with Gasteiger partial charge in [0.05, 0.1) is 24.4 Å². The molecule has 6 N–H and O–H groups in total. The Bertz CT molecular complexity index is 761. The van der Waals surface area contributed by atoms with Crippen molar-refractivity contribution in [1.82, 2.24) is 10.6 Å². The highest BCUT2D eigenvalue weighted by molar-refractivity contribution is 5.78. The maximum absolute atomic E-state index is 12.4. The van der Waals surface area contributed by atoms with Crippen molar-refractivity contribution in [3.05, 3.63) is 12.2 Å². The lowest BCUT2D eigenvalue weighted by molar-refractivity contribution is -0.297. The van der Waals surface area contributed by atoms with Gasteiger partial charge >= 0.3 is 12.1 Å². The number of esters is 1. The molecule has 0 radical (unpaired) electrons. The third-order valence-corrected chi connectivity index (χ3v) is 5.77.